The van der Waals surface area contributed by atoms with E-state index >= 15 is 0 Å². The summed E-state index contributed by atoms with van der Waals surface area (Å²) in [6.45, 7) is 5.48. The molecule has 34 heavy (non-hydrogen) atoms. The standard InChI is InChI=1S/C25H31N3O4S2/c1-4-10-19(22(29)23-27-20-13-8-9-14-21(20)33-23)25(24(26)30,28-17(2)3)16-34(31,32)15-18-11-6-5-7-12-18/h5-9,11-14,17,19,28H,4,10,15-16H2,1-3H3,(H2,26,30). The van der Waals surface area contributed by atoms with Crippen LogP contribution in [-0.4, -0.2) is 42.4 Å². The van der Waals surface area contributed by atoms with Gasteiger partial charge in [-0.1, -0.05) is 55.8 Å². The Balaban J connectivity index is 2.07. The van der Waals surface area contributed by atoms with Crippen LogP contribution in [0.5, 0.6) is 0 Å². The molecule has 182 valence electrons. The van der Waals surface area contributed by atoms with E-state index in [0.717, 1.165) is 4.70 Å². The number of thiazole rings is 1. The Morgan fingerprint density at radius 1 is 1.09 bits per heavy atom. The quantitative estimate of drug-likeness (QED) is 0.365. The molecular formula is C25H31N3O4S2. The minimum Gasteiger partial charge on any atom is -0.368 e. The number of aromatic nitrogens is 1. The largest absolute Gasteiger partial charge is 0.368 e. The number of hydrogen-bond donors (Lipinski definition) is 2. The highest BCUT2D eigenvalue weighted by molar-refractivity contribution is 7.90. The van der Waals surface area contributed by atoms with Crippen molar-refractivity contribution in [3.63, 3.8) is 0 Å². The maximum atomic E-state index is 13.8. The smallest absolute Gasteiger partial charge is 0.239 e. The number of rotatable bonds is 12. The van der Waals surface area contributed by atoms with E-state index in [1.807, 2.05) is 31.2 Å². The van der Waals surface area contributed by atoms with E-state index in [0.29, 0.717) is 17.5 Å². The Morgan fingerprint density at radius 2 is 1.74 bits per heavy atom. The van der Waals surface area contributed by atoms with Crippen LogP contribution in [0.15, 0.2) is 54.6 Å². The maximum Gasteiger partial charge on any atom is 0.239 e. The predicted octanol–water partition coefficient (Wildman–Crippen LogP) is 3.73. The molecule has 2 aromatic carbocycles. The molecule has 3 N–H and O–H groups in total. The van der Waals surface area contributed by atoms with Crippen molar-refractivity contribution in [2.75, 3.05) is 5.75 Å². The number of carbonyl (C=O) groups excluding carboxylic acids is 2. The van der Waals surface area contributed by atoms with E-state index < -0.39 is 33.0 Å². The molecule has 0 fully saturated rings. The summed E-state index contributed by atoms with van der Waals surface area (Å²) in [5.41, 5.74) is 5.43. The van der Waals surface area contributed by atoms with Crippen LogP contribution in [0, 0.1) is 5.92 Å². The van der Waals surface area contributed by atoms with Crippen molar-refractivity contribution < 1.29 is 18.0 Å². The van der Waals surface area contributed by atoms with Gasteiger partial charge in [-0.3, -0.25) is 14.9 Å². The fourth-order valence-corrected chi connectivity index (χ4v) is 7.20. The Hall–Kier alpha value is -2.62. The van der Waals surface area contributed by atoms with Gasteiger partial charge in [-0.25, -0.2) is 13.4 Å². The van der Waals surface area contributed by atoms with E-state index in [-0.39, 0.29) is 29.0 Å². The van der Waals surface area contributed by atoms with Crippen molar-refractivity contribution in [2.45, 2.75) is 50.9 Å². The van der Waals surface area contributed by atoms with Crippen molar-refractivity contribution >= 4 is 43.1 Å². The molecule has 1 amide bonds. The van der Waals surface area contributed by atoms with Gasteiger partial charge in [-0.15, -0.1) is 11.3 Å². The molecule has 0 radical (unpaired) electrons. The van der Waals surface area contributed by atoms with Crippen LogP contribution < -0.4 is 11.1 Å². The molecule has 0 aliphatic carbocycles. The van der Waals surface area contributed by atoms with Crippen LogP contribution in [0.4, 0.5) is 0 Å². The minimum atomic E-state index is -3.82. The molecule has 2 atom stereocenters. The molecule has 3 rings (SSSR count). The lowest BCUT2D eigenvalue weighted by Crippen LogP contribution is -2.67. The highest BCUT2D eigenvalue weighted by Crippen LogP contribution is 2.32. The molecule has 3 aromatic rings. The molecule has 0 aliphatic rings. The average Bonchev–Trinajstić information content (AvgIpc) is 3.20. The van der Waals surface area contributed by atoms with Crippen molar-refractivity contribution in [3.05, 3.63) is 65.2 Å². The lowest BCUT2D eigenvalue weighted by atomic mass is 9.78. The molecule has 1 aromatic heterocycles. The summed E-state index contributed by atoms with van der Waals surface area (Å²) in [4.78, 5) is 31.3. The topological polar surface area (TPSA) is 119 Å². The zero-order valence-electron chi connectivity index (χ0n) is 19.7. The number of nitrogens with zero attached hydrogens (tertiary/aromatic N) is 1. The maximum absolute atomic E-state index is 13.8. The van der Waals surface area contributed by atoms with Gasteiger partial charge in [-0.05, 0) is 38.0 Å². The van der Waals surface area contributed by atoms with Gasteiger partial charge in [0.25, 0.3) is 0 Å². The summed E-state index contributed by atoms with van der Waals surface area (Å²) in [5.74, 6) is -3.04. The SMILES string of the molecule is CCCC(C(=O)c1nc2ccccc2s1)C(CS(=O)(=O)Cc1ccccc1)(NC(C)C)C(N)=O. The summed E-state index contributed by atoms with van der Waals surface area (Å²) in [7, 11) is -3.82. The first kappa shape index (κ1) is 26.0. The van der Waals surface area contributed by atoms with Gasteiger partial charge >= 0.3 is 0 Å². The second-order valence-electron chi connectivity index (χ2n) is 8.84. The van der Waals surface area contributed by atoms with Crippen molar-refractivity contribution in [2.24, 2.45) is 11.7 Å². The molecule has 1 heterocycles. The van der Waals surface area contributed by atoms with Gasteiger partial charge in [0.2, 0.25) is 5.91 Å². The summed E-state index contributed by atoms with van der Waals surface area (Å²) >= 11 is 1.24. The first-order valence-corrected chi connectivity index (χ1v) is 13.9. The van der Waals surface area contributed by atoms with E-state index in [1.165, 1.54) is 11.3 Å². The van der Waals surface area contributed by atoms with Crippen molar-refractivity contribution in [1.29, 1.82) is 0 Å². The van der Waals surface area contributed by atoms with E-state index in [9.17, 15) is 18.0 Å². The number of hydrogen-bond acceptors (Lipinski definition) is 7. The monoisotopic (exact) mass is 501 g/mol. The first-order chi connectivity index (χ1) is 16.1. The lowest BCUT2D eigenvalue weighted by molar-refractivity contribution is -0.125. The Labute approximate surface area is 204 Å². The van der Waals surface area contributed by atoms with Gasteiger partial charge in [0.1, 0.15) is 5.54 Å². The number of ketones is 1. The fraction of sp³-hybridized carbons (Fsp3) is 0.400. The minimum absolute atomic E-state index is 0.247. The Morgan fingerprint density at radius 3 is 2.32 bits per heavy atom. The van der Waals surface area contributed by atoms with Crippen LogP contribution in [-0.2, 0) is 20.4 Å². The number of Topliss-reactive ketones (excluding diaryl/α,β-unsaturated/α-hetero) is 1. The number of nitrogens with two attached hydrogens (primary N) is 1. The number of carbonyl (C=O) groups is 2. The normalized spacial score (nSPS) is 14.7. The van der Waals surface area contributed by atoms with Gasteiger partial charge in [0.05, 0.1) is 27.6 Å². The van der Waals surface area contributed by atoms with Gasteiger partial charge in [-0.2, -0.15) is 0 Å². The molecule has 2 unspecified atom stereocenters. The van der Waals surface area contributed by atoms with E-state index in [2.05, 4.69) is 10.3 Å². The van der Waals surface area contributed by atoms with Crippen LogP contribution >= 0.6 is 11.3 Å². The number of nitrogens with one attached hydrogen (secondary N) is 1. The molecule has 0 aliphatic heterocycles. The molecule has 0 spiro atoms. The molecule has 0 bridgehead atoms. The number of benzene rings is 2. The third-order valence-corrected chi connectivity index (χ3v) is 8.38. The lowest BCUT2D eigenvalue weighted by Gasteiger charge is -2.39. The fourth-order valence-electron chi connectivity index (χ4n) is 4.31. The van der Waals surface area contributed by atoms with Crippen LogP contribution in [0.2, 0.25) is 0 Å². The number of amides is 1. The first-order valence-electron chi connectivity index (χ1n) is 11.3. The van der Waals surface area contributed by atoms with Gasteiger partial charge in [0.15, 0.2) is 20.6 Å². The summed E-state index contributed by atoms with van der Waals surface area (Å²) in [6, 6.07) is 15.9. The summed E-state index contributed by atoms with van der Waals surface area (Å²) in [6.07, 6.45) is 0.854. The summed E-state index contributed by atoms with van der Waals surface area (Å²) < 4.78 is 27.5. The Bertz CT molecular complexity index is 1220. The molecule has 7 nitrogen and oxygen atoms in total. The average molecular weight is 502 g/mol. The number of fused-ring (bicyclic) bond motifs is 1. The highest BCUT2D eigenvalue weighted by atomic mass is 32.2. The van der Waals surface area contributed by atoms with Crippen LogP contribution in [0.1, 0.15) is 49.0 Å². The predicted molar refractivity (Wildman–Crippen MR) is 136 cm³/mol. The van der Waals surface area contributed by atoms with Gasteiger partial charge < -0.3 is 5.73 Å². The van der Waals surface area contributed by atoms with Gasteiger partial charge in [0, 0.05) is 6.04 Å². The third kappa shape index (κ3) is 5.89. The number of primary amides is 1. The van der Waals surface area contributed by atoms with Crippen LogP contribution in [0.3, 0.4) is 0 Å². The third-order valence-electron chi connectivity index (χ3n) is 5.66. The Kier molecular flexibility index (Phi) is 8.22. The molecular weight excluding hydrogens is 470 g/mol. The van der Waals surface area contributed by atoms with E-state index in [1.54, 1.807) is 44.2 Å². The zero-order chi connectivity index (χ0) is 24.9. The second kappa shape index (κ2) is 10.8. The number of sulfone groups is 1. The van der Waals surface area contributed by atoms with Crippen molar-refractivity contribution in [1.82, 2.24) is 10.3 Å². The summed E-state index contributed by atoms with van der Waals surface area (Å²) in [5, 5.41) is 3.35. The second-order valence-corrected chi connectivity index (χ2v) is 11.9. The highest BCUT2D eigenvalue weighted by Gasteiger charge is 2.51. The van der Waals surface area contributed by atoms with E-state index in [4.69, 9.17) is 5.73 Å². The molecule has 0 saturated carbocycles. The van der Waals surface area contributed by atoms with Crippen molar-refractivity contribution in [3.8, 4) is 0 Å². The number of para-hydroxylation sites is 1. The van der Waals surface area contributed by atoms with Crippen LogP contribution in [0.25, 0.3) is 10.2 Å². The molecule has 9 heteroatoms. The molecule has 0 saturated heterocycles. The zero-order valence-corrected chi connectivity index (χ0v) is 21.3.